The van der Waals surface area contributed by atoms with Crippen LogP contribution >= 0.6 is 11.8 Å². The maximum atomic E-state index is 10.6. The van der Waals surface area contributed by atoms with Gasteiger partial charge in [0.2, 0.25) is 0 Å². The Hall–Kier alpha value is -1.62. The van der Waals surface area contributed by atoms with Gasteiger partial charge in [0.1, 0.15) is 12.6 Å². The molecule has 0 radical (unpaired) electrons. The van der Waals surface area contributed by atoms with E-state index < -0.39 is 0 Å². The molecule has 2 rings (SSSR count). The van der Waals surface area contributed by atoms with Crippen molar-refractivity contribution < 1.29 is 4.79 Å². The summed E-state index contributed by atoms with van der Waals surface area (Å²) in [6, 6.07) is 5.60. The summed E-state index contributed by atoms with van der Waals surface area (Å²) < 4.78 is 1.86. The molecular formula is C11H11N3OS. The van der Waals surface area contributed by atoms with Crippen molar-refractivity contribution >= 4 is 18.0 Å². The van der Waals surface area contributed by atoms with Crippen LogP contribution in [-0.2, 0) is 7.05 Å². The van der Waals surface area contributed by atoms with E-state index in [1.807, 2.05) is 30.7 Å². The van der Waals surface area contributed by atoms with E-state index in [1.54, 1.807) is 24.2 Å². The first-order valence-electron chi connectivity index (χ1n) is 4.78. The lowest BCUT2D eigenvalue weighted by atomic mass is 10.2. The Labute approximate surface area is 97.7 Å². The highest BCUT2D eigenvalue weighted by Crippen LogP contribution is 2.28. The monoisotopic (exact) mass is 233 g/mol. The summed E-state index contributed by atoms with van der Waals surface area (Å²) in [5, 5.41) is 8.65. The zero-order chi connectivity index (χ0) is 11.5. The van der Waals surface area contributed by atoms with Gasteiger partial charge in [-0.05, 0) is 36.4 Å². The van der Waals surface area contributed by atoms with Gasteiger partial charge in [0, 0.05) is 17.5 Å². The highest BCUT2D eigenvalue weighted by molar-refractivity contribution is 7.99. The molecule has 1 heterocycles. The first-order chi connectivity index (χ1) is 7.70. The molecule has 82 valence electrons. The molecule has 2 aromatic rings. The number of aldehydes is 1. The maximum absolute atomic E-state index is 10.6. The van der Waals surface area contributed by atoms with Crippen LogP contribution in [0.3, 0.4) is 0 Å². The van der Waals surface area contributed by atoms with Crippen LogP contribution in [0.2, 0.25) is 0 Å². The van der Waals surface area contributed by atoms with Gasteiger partial charge < -0.3 is 4.57 Å². The zero-order valence-electron chi connectivity index (χ0n) is 9.04. The molecular weight excluding hydrogens is 222 g/mol. The molecule has 0 aliphatic carbocycles. The van der Waals surface area contributed by atoms with Crippen LogP contribution in [0.1, 0.15) is 15.9 Å². The average molecular weight is 233 g/mol. The van der Waals surface area contributed by atoms with Gasteiger partial charge >= 0.3 is 0 Å². The Morgan fingerprint density at radius 1 is 1.44 bits per heavy atom. The van der Waals surface area contributed by atoms with E-state index in [2.05, 4.69) is 10.2 Å². The normalized spacial score (nSPS) is 10.4. The summed E-state index contributed by atoms with van der Waals surface area (Å²) in [6.07, 6.45) is 2.52. The van der Waals surface area contributed by atoms with Crippen LogP contribution in [0.5, 0.6) is 0 Å². The predicted octanol–water partition coefficient (Wildman–Crippen LogP) is 2.09. The van der Waals surface area contributed by atoms with Crippen molar-refractivity contribution in [3.05, 3.63) is 35.7 Å². The summed E-state index contributed by atoms with van der Waals surface area (Å²) in [7, 11) is 1.90. The van der Waals surface area contributed by atoms with E-state index in [0.29, 0.717) is 5.56 Å². The molecule has 1 aromatic carbocycles. The van der Waals surface area contributed by atoms with Crippen LogP contribution in [0.15, 0.2) is 34.6 Å². The van der Waals surface area contributed by atoms with Gasteiger partial charge in [-0.2, -0.15) is 0 Å². The lowest BCUT2D eigenvalue weighted by molar-refractivity contribution is 0.112. The number of carbonyl (C=O) groups is 1. The molecule has 1 aromatic heterocycles. The summed E-state index contributed by atoms with van der Waals surface area (Å²) in [6.45, 7) is 1.98. The van der Waals surface area contributed by atoms with Gasteiger partial charge in [0.15, 0.2) is 5.16 Å². The molecule has 0 fully saturated rings. The van der Waals surface area contributed by atoms with Crippen LogP contribution < -0.4 is 0 Å². The molecule has 16 heavy (non-hydrogen) atoms. The second-order valence-electron chi connectivity index (χ2n) is 3.47. The van der Waals surface area contributed by atoms with Crippen molar-refractivity contribution in [2.75, 3.05) is 0 Å². The van der Waals surface area contributed by atoms with E-state index in [9.17, 15) is 4.79 Å². The van der Waals surface area contributed by atoms with Crippen LogP contribution in [0.25, 0.3) is 0 Å². The van der Waals surface area contributed by atoms with Crippen LogP contribution in [-0.4, -0.2) is 21.1 Å². The molecule has 4 nitrogen and oxygen atoms in total. The number of carbonyl (C=O) groups excluding carboxylic acids is 1. The Morgan fingerprint density at radius 2 is 2.25 bits per heavy atom. The molecule has 0 saturated heterocycles. The largest absolute Gasteiger partial charge is 0.311 e. The molecule has 0 amide bonds. The third-order valence-electron chi connectivity index (χ3n) is 2.21. The summed E-state index contributed by atoms with van der Waals surface area (Å²) in [5.41, 5.74) is 1.76. The number of benzene rings is 1. The quantitative estimate of drug-likeness (QED) is 0.762. The first kappa shape index (κ1) is 10.9. The highest BCUT2D eigenvalue weighted by Gasteiger charge is 2.06. The van der Waals surface area contributed by atoms with E-state index in [-0.39, 0.29) is 0 Å². The highest BCUT2D eigenvalue weighted by atomic mass is 32.2. The average Bonchev–Trinajstić information content (AvgIpc) is 2.67. The minimum Gasteiger partial charge on any atom is -0.311 e. The van der Waals surface area contributed by atoms with E-state index in [4.69, 9.17) is 0 Å². The molecule has 0 bridgehead atoms. The van der Waals surface area contributed by atoms with Crippen molar-refractivity contribution in [2.45, 2.75) is 17.0 Å². The number of hydrogen-bond acceptors (Lipinski definition) is 4. The van der Waals surface area contributed by atoms with Crippen LogP contribution in [0, 0.1) is 6.92 Å². The Morgan fingerprint density at radius 3 is 2.81 bits per heavy atom. The van der Waals surface area contributed by atoms with E-state index in [0.717, 1.165) is 21.9 Å². The minimum absolute atomic E-state index is 0.694. The van der Waals surface area contributed by atoms with Crippen LogP contribution in [0.4, 0.5) is 0 Å². The van der Waals surface area contributed by atoms with Crippen molar-refractivity contribution in [3.8, 4) is 0 Å². The number of rotatable bonds is 3. The molecule has 0 atom stereocenters. The lowest BCUT2D eigenvalue weighted by Crippen LogP contribution is -1.90. The number of hydrogen-bond donors (Lipinski definition) is 0. The van der Waals surface area contributed by atoms with Crippen molar-refractivity contribution in [2.24, 2.45) is 7.05 Å². The third kappa shape index (κ3) is 2.14. The van der Waals surface area contributed by atoms with Crippen molar-refractivity contribution in [1.29, 1.82) is 0 Å². The fraction of sp³-hybridized carbons (Fsp3) is 0.182. The van der Waals surface area contributed by atoms with Gasteiger partial charge in [-0.3, -0.25) is 4.79 Å². The summed E-state index contributed by atoms with van der Waals surface area (Å²) >= 11 is 1.54. The lowest BCUT2D eigenvalue weighted by Gasteiger charge is -2.04. The fourth-order valence-corrected chi connectivity index (χ4v) is 2.16. The second kappa shape index (κ2) is 4.49. The first-order valence-corrected chi connectivity index (χ1v) is 5.60. The Kier molecular flexibility index (Phi) is 3.05. The summed E-state index contributed by atoms with van der Waals surface area (Å²) in [4.78, 5) is 11.7. The van der Waals surface area contributed by atoms with Gasteiger partial charge in [0.05, 0.1) is 0 Å². The Balaban J connectivity index is 2.29. The van der Waals surface area contributed by atoms with Gasteiger partial charge in [-0.15, -0.1) is 10.2 Å². The number of nitrogens with zero attached hydrogens (tertiary/aromatic N) is 3. The fourth-order valence-electron chi connectivity index (χ4n) is 1.32. The molecule has 0 saturated carbocycles. The third-order valence-corrected chi connectivity index (χ3v) is 3.44. The number of aryl methyl sites for hydroxylation is 2. The molecule has 0 unspecified atom stereocenters. The second-order valence-corrected chi connectivity index (χ2v) is 4.48. The van der Waals surface area contributed by atoms with Crippen molar-refractivity contribution in [1.82, 2.24) is 14.8 Å². The summed E-state index contributed by atoms with van der Waals surface area (Å²) in [5.74, 6) is 0. The number of aromatic nitrogens is 3. The zero-order valence-corrected chi connectivity index (χ0v) is 9.86. The molecule has 0 N–H and O–H groups in total. The minimum atomic E-state index is 0.694. The predicted molar refractivity (Wildman–Crippen MR) is 61.7 cm³/mol. The van der Waals surface area contributed by atoms with Gasteiger partial charge in [-0.1, -0.05) is 6.07 Å². The molecule has 0 spiro atoms. The molecule has 5 heteroatoms. The van der Waals surface area contributed by atoms with Gasteiger partial charge in [0.25, 0.3) is 0 Å². The topological polar surface area (TPSA) is 47.8 Å². The molecule has 0 aliphatic rings. The maximum Gasteiger partial charge on any atom is 0.195 e. The standard InChI is InChI=1S/C11H11N3OS/c1-8-5-9(6-15)3-4-10(8)16-11-13-12-7-14(11)2/h3-7H,1-2H3. The van der Waals surface area contributed by atoms with Gasteiger partial charge in [-0.25, -0.2) is 0 Å². The smallest absolute Gasteiger partial charge is 0.195 e. The Bertz CT molecular complexity index is 522. The van der Waals surface area contributed by atoms with E-state index >= 15 is 0 Å². The molecule has 0 aliphatic heterocycles. The van der Waals surface area contributed by atoms with Crippen molar-refractivity contribution in [3.63, 3.8) is 0 Å². The SMILES string of the molecule is Cc1cc(C=O)ccc1Sc1nncn1C. The van der Waals surface area contributed by atoms with E-state index in [1.165, 1.54) is 0 Å².